The standard InChI is InChI=1S/C18H16BNO3S/c1-12-4-2-3-5-15(12)20-18(21)17-11-10-16(24-17)13-6-8-14(9-7-13)19(22)23/h2-11,22-23H,1H3,(H,20,21). The van der Waals surface area contributed by atoms with Crippen LogP contribution in [0.3, 0.4) is 0 Å². The van der Waals surface area contributed by atoms with Crippen LogP contribution in [0.5, 0.6) is 0 Å². The Hall–Kier alpha value is -2.41. The van der Waals surface area contributed by atoms with Crippen molar-refractivity contribution >= 4 is 35.5 Å². The molecule has 0 fully saturated rings. The number of nitrogens with one attached hydrogen (secondary N) is 1. The molecule has 6 heteroatoms. The first-order valence-electron chi connectivity index (χ1n) is 7.48. The lowest BCUT2D eigenvalue weighted by Crippen LogP contribution is -2.29. The highest BCUT2D eigenvalue weighted by Crippen LogP contribution is 2.28. The molecule has 4 nitrogen and oxygen atoms in total. The Bertz CT molecular complexity index is 859. The van der Waals surface area contributed by atoms with Crippen LogP contribution < -0.4 is 10.8 Å². The van der Waals surface area contributed by atoms with E-state index in [0.29, 0.717) is 10.3 Å². The Labute approximate surface area is 144 Å². The van der Waals surface area contributed by atoms with Crippen molar-refractivity contribution in [1.82, 2.24) is 0 Å². The number of thiophene rings is 1. The van der Waals surface area contributed by atoms with Gasteiger partial charge in [0.25, 0.3) is 5.91 Å². The molecule has 0 saturated heterocycles. The second-order valence-electron chi connectivity index (χ2n) is 5.43. The highest BCUT2D eigenvalue weighted by molar-refractivity contribution is 7.17. The Balaban J connectivity index is 1.77. The molecule has 0 bridgehead atoms. The van der Waals surface area contributed by atoms with Gasteiger partial charge in [-0.1, -0.05) is 42.5 Å². The van der Waals surface area contributed by atoms with Gasteiger partial charge in [0, 0.05) is 10.6 Å². The average Bonchev–Trinajstić information content (AvgIpc) is 3.07. The van der Waals surface area contributed by atoms with Gasteiger partial charge in [-0.25, -0.2) is 0 Å². The third-order valence-electron chi connectivity index (χ3n) is 3.72. The molecule has 0 saturated carbocycles. The molecule has 1 heterocycles. The van der Waals surface area contributed by atoms with Crippen molar-refractivity contribution in [1.29, 1.82) is 0 Å². The quantitative estimate of drug-likeness (QED) is 0.641. The van der Waals surface area contributed by atoms with Crippen LogP contribution in [0.1, 0.15) is 15.2 Å². The van der Waals surface area contributed by atoms with E-state index in [1.54, 1.807) is 18.2 Å². The van der Waals surface area contributed by atoms with Crippen LogP contribution in [-0.2, 0) is 0 Å². The predicted molar refractivity (Wildman–Crippen MR) is 98.7 cm³/mol. The highest BCUT2D eigenvalue weighted by Gasteiger charge is 2.13. The molecular formula is C18H16BNO3S. The van der Waals surface area contributed by atoms with E-state index in [4.69, 9.17) is 10.0 Å². The molecule has 3 rings (SSSR count). The number of aryl methyl sites for hydroxylation is 1. The number of para-hydroxylation sites is 1. The van der Waals surface area contributed by atoms with Crippen molar-refractivity contribution in [2.75, 3.05) is 5.32 Å². The topological polar surface area (TPSA) is 69.6 Å². The molecule has 3 N–H and O–H groups in total. The summed E-state index contributed by atoms with van der Waals surface area (Å²) in [4.78, 5) is 14.0. The van der Waals surface area contributed by atoms with Crippen LogP contribution >= 0.6 is 11.3 Å². The van der Waals surface area contributed by atoms with E-state index >= 15 is 0 Å². The Kier molecular flexibility index (Phi) is 4.80. The molecule has 120 valence electrons. The van der Waals surface area contributed by atoms with Crippen LogP contribution in [0.25, 0.3) is 10.4 Å². The van der Waals surface area contributed by atoms with Crippen LogP contribution in [0.4, 0.5) is 5.69 Å². The lowest BCUT2D eigenvalue weighted by molar-refractivity contribution is 0.103. The summed E-state index contributed by atoms with van der Waals surface area (Å²) in [5, 5.41) is 21.2. The van der Waals surface area contributed by atoms with Gasteiger partial charge in [0.05, 0.1) is 4.88 Å². The number of anilines is 1. The average molecular weight is 337 g/mol. The lowest BCUT2D eigenvalue weighted by Gasteiger charge is -2.06. The van der Waals surface area contributed by atoms with Crippen molar-refractivity contribution in [3.63, 3.8) is 0 Å². The van der Waals surface area contributed by atoms with Gasteiger partial charge in [-0.3, -0.25) is 4.79 Å². The minimum Gasteiger partial charge on any atom is -0.423 e. The number of benzene rings is 2. The van der Waals surface area contributed by atoms with Gasteiger partial charge in [0.1, 0.15) is 0 Å². The molecule has 0 aliphatic heterocycles. The summed E-state index contributed by atoms with van der Waals surface area (Å²) < 4.78 is 0. The maximum absolute atomic E-state index is 12.4. The summed E-state index contributed by atoms with van der Waals surface area (Å²) >= 11 is 1.40. The normalized spacial score (nSPS) is 10.5. The summed E-state index contributed by atoms with van der Waals surface area (Å²) in [6.45, 7) is 1.95. The van der Waals surface area contributed by atoms with E-state index in [2.05, 4.69) is 5.32 Å². The van der Waals surface area contributed by atoms with Crippen molar-refractivity contribution < 1.29 is 14.8 Å². The number of carbonyl (C=O) groups excluding carboxylic acids is 1. The van der Waals surface area contributed by atoms with Crippen LogP contribution in [0.15, 0.2) is 60.7 Å². The third-order valence-corrected chi connectivity index (χ3v) is 4.85. The lowest BCUT2D eigenvalue weighted by atomic mass is 9.80. The first-order chi connectivity index (χ1) is 11.5. The van der Waals surface area contributed by atoms with E-state index in [9.17, 15) is 4.79 Å². The number of hydrogen-bond donors (Lipinski definition) is 3. The Morgan fingerprint density at radius 3 is 2.38 bits per heavy atom. The Morgan fingerprint density at radius 1 is 1.00 bits per heavy atom. The second kappa shape index (κ2) is 7.01. The zero-order valence-electron chi connectivity index (χ0n) is 13.1. The maximum atomic E-state index is 12.4. The largest absolute Gasteiger partial charge is 0.488 e. The molecule has 3 aromatic rings. The van der Waals surface area contributed by atoms with Crippen LogP contribution in [0.2, 0.25) is 0 Å². The van der Waals surface area contributed by atoms with Gasteiger partial charge in [-0.15, -0.1) is 11.3 Å². The molecular weight excluding hydrogens is 321 g/mol. The molecule has 0 aliphatic rings. The van der Waals surface area contributed by atoms with Crippen molar-refractivity contribution in [2.45, 2.75) is 6.92 Å². The SMILES string of the molecule is Cc1ccccc1NC(=O)c1ccc(-c2ccc(B(O)O)cc2)s1. The first-order valence-corrected chi connectivity index (χ1v) is 8.29. The summed E-state index contributed by atoms with van der Waals surface area (Å²) in [7, 11) is -1.47. The number of carbonyl (C=O) groups is 1. The molecule has 0 atom stereocenters. The maximum Gasteiger partial charge on any atom is 0.488 e. The molecule has 0 unspecified atom stereocenters. The highest BCUT2D eigenvalue weighted by atomic mass is 32.1. The van der Waals surface area contributed by atoms with Gasteiger partial charge in [-0.05, 0) is 41.7 Å². The van der Waals surface area contributed by atoms with Crippen molar-refractivity contribution in [3.05, 3.63) is 71.1 Å². The number of rotatable bonds is 4. The number of amides is 1. The predicted octanol–water partition coefficient (Wildman–Crippen LogP) is 2.66. The molecule has 0 aliphatic carbocycles. The molecule has 1 amide bonds. The molecule has 1 aromatic heterocycles. The minimum atomic E-state index is -1.47. The molecule has 0 spiro atoms. The van der Waals surface area contributed by atoms with E-state index < -0.39 is 7.12 Å². The third kappa shape index (κ3) is 3.57. The molecule has 0 radical (unpaired) electrons. The summed E-state index contributed by atoms with van der Waals surface area (Å²) in [6.07, 6.45) is 0. The first kappa shape index (κ1) is 16.5. The van der Waals surface area contributed by atoms with Crippen molar-refractivity contribution in [2.24, 2.45) is 0 Å². The summed E-state index contributed by atoms with van der Waals surface area (Å²) in [6, 6.07) is 18.3. The fourth-order valence-corrected chi connectivity index (χ4v) is 3.24. The van der Waals surface area contributed by atoms with E-state index in [0.717, 1.165) is 21.7 Å². The molecule has 2 aromatic carbocycles. The van der Waals surface area contributed by atoms with Gasteiger partial charge < -0.3 is 15.4 Å². The minimum absolute atomic E-state index is 0.136. The fraction of sp³-hybridized carbons (Fsp3) is 0.0556. The van der Waals surface area contributed by atoms with Crippen molar-refractivity contribution in [3.8, 4) is 10.4 Å². The van der Waals surface area contributed by atoms with Crippen LogP contribution in [0, 0.1) is 6.92 Å². The smallest absolute Gasteiger partial charge is 0.423 e. The van der Waals surface area contributed by atoms with E-state index in [1.807, 2.05) is 49.4 Å². The van der Waals surface area contributed by atoms with Gasteiger partial charge in [-0.2, -0.15) is 0 Å². The Morgan fingerprint density at radius 2 is 1.71 bits per heavy atom. The summed E-state index contributed by atoms with van der Waals surface area (Å²) in [5.41, 5.74) is 3.19. The number of hydrogen-bond acceptors (Lipinski definition) is 4. The summed E-state index contributed by atoms with van der Waals surface area (Å²) in [5.74, 6) is -0.136. The second-order valence-corrected chi connectivity index (χ2v) is 6.51. The van der Waals surface area contributed by atoms with E-state index in [-0.39, 0.29) is 5.91 Å². The van der Waals surface area contributed by atoms with Gasteiger partial charge >= 0.3 is 7.12 Å². The van der Waals surface area contributed by atoms with E-state index in [1.165, 1.54) is 11.3 Å². The van der Waals surface area contributed by atoms with Gasteiger partial charge in [0.2, 0.25) is 0 Å². The van der Waals surface area contributed by atoms with Crippen LogP contribution in [-0.4, -0.2) is 23.1 Å². The zero-order chi connectivity index (χ0) is 17.1. The molecule has 24 heavy (non-hydrogen) atoms. The zero-order valence-corrected chi connectivity index (χ0v) is 13.9. The van der Waals surface area contributed by atoms with Gasteiger partial charge in [0.15, 0.2) is 0 Å². The monoisotopic (exact) mass is 337 g/mol. The fourth-order valence-electron chi connectivity index (χ4n) is 2.33.